The molecular formula is C26H30N2O4S. The SMILES string of the molecule is CCCN(CC(=O)N(Cc1ccccc1)Cc1ccc(C)o1)S(=O)(=O)C=Cc1ccccc1. The largest absolute Gasteiger partial charge is 0.464 e. The molecule has 0 N–H and O–H groups in total. The average molecular weight is 467 g/mol. The van der Waals surface area contributed by atoms with Gasteiger partial charge in [0.1, 0.15) is 11.5 Å². The van der Waals surface area contributed by atoms with Gasteiger partial charge in [0.2, 0.25) is 15.9 Å². The first-order valence-corrected chi connectivity index (χ1v) is 12.5. The summed E-state index contributed by atoms with van der Waals surface area (Å²) in [6, 6.07) is 22.5. The van der Waals surface area contributed by atoms with E-state index in [9.17, 15) is 13.2 Å². The highest BCUT2D eigenvalue weighted by atomic mass is 32.2. The predicted octanol–water partition coefficient (Wildman–Crippen LogP) is 4.83. The molecule has 7 heteroatoms. The van der Waals surface area contributed by atoms with E-state index in [1.165, 1.54) is 9.71 Å². The standard InChI is InChI=1S/C26H30N2O4S/c1-3-17-28(33(30,31)18-16-23-10-6-4-7-11-23)21-26(29)27(19-24-12-8-5-9-13-24)20-25-15-14-22(2)32-25/h4-16,18H,3,17,19-21H2,1-2H3. The van der Waals surface area contributed by atoms with Crippen LogP contribution in [0, 0.1) is 6.92 Å². The molecule has 2 aromatic carbocycles. The van der Waals surface area contributed by atoms with Crippen molar-refractivity contribution in [3.05, 3.63) is 101 Å². The zero-order chi connectivity index (χ0) is 23.7. The van der Waals surface area contributed by atoms with Gasteiger partial charge in [-0.1, -0.05) is 67.6 Å². The zero-order valence-corrected chi connectivity index (χ0v) is 19.9. The lowest BCUT2D eigenvalue weighted by molar-refractivity contribution is -0.132. The smallest absolute Gasteiger partial charge is 0.238 e. The average Bonchev–Trinajstić information content (AvgIpc) is 3.23. The number of benzene rings is 2. The lowest BCUT2D eigenvalue weighted by Gasteiger charge is -2.26. The molecule has 0 aliphatic rings. The summed E-state index contributed by atoms with van der Waals surface area (Å²) >= 11 is 0. The lowest BCUT2D eigenvalue weighted by atomic mass is 10.2. The molecule has 3 rings (SSSR count). The van der Waals surface area contributed by atoms with Gasteiger partial charge in [-0.25, -0.2) is 8.42 Å². The summed E-state index contributed by atoms with van der Waals surface area (Å²) in [5.41, 5.74) is 1.74. The van der Waals surface area contributed by atoms with Gasteiger partial charge in [-0.3, -0.25) is 4.79 Å². The van der Waals surface area contributed by atoms with E-state index in [0.29, 0.717) is 18.7 Å². The Bertz CT molecular complexity index is 1160. The van der Waals surface area contributed by atoms with Gasteiger partial charge in [0.05, 0.1) is 13.1 Å². The quantitative estimate of drug-likeness (QED) is 0.406. The highest BCUT2D eigenvalue weighted by Crippen LogP contribution is 2.15. The van der Waals surface area contributed by atoms with E-state index in [1.807, 2.05) is 86.6 Å². The van der Waals surface area contributed by atoms with Gasteiger partial charge in [-0.05, 0) is 42.7 Å². The predicted molar refractivity (Wildman–Crippen MR) is 130 cm³/mol. The van der Waals surface area contributed by atoms with Crippen molar-refractivity contribution in [2.24, 2.45) is 0 Å². The van der Waals surface area contributed by atoms with Crippen molar-refractivity contribution in [2.75, 3.05) is 13.1 Å². The third-order valence-corrected chi connectivity index (χ3v) is 6.60. The van der Waals surface area contributed by atoms with Crippen LogP contribution in [0.4, 0.5) is 0 Å². The second kappa shape index (κ2) is 11.6. The van der Waals surface area contributed by atoms with Crippen LogP contribution < -0.4 is 0 Å². The molecule has 3 aromatic rings. The van der Waals surface area contributed by atoms with Crippen LogP contribution in [0.1, 0.15) is 36.0 Å². The summed E-state index contributed by atoms with van der Waals surface area (Å²) in [4.78, 5) is 15.0. The first-order valence-electron chi connectivity index (χ1n) is 11.0. The van der Waals surface area contributed by atoms with Gasteiger partial charge < -0.3 is 9.32 Å². The molecule has 0 radical (unpaired) electrons. The van der Waals surface area contributed by atoms with Gasteiger partial charge in [0, 0.05) is 18.5 Å². The van der Waals surface area contributed by atoms with E-state index in [4.69, 9.17) is 4.42 Å². The summed E-state index contributed by atoms with van der Waals surface area (Å²) in [5, 5.41) is 1.17. The van der Waals surface area contributed by atoms with Crippen molar-refractivity contribution in [1.29, 1.82) is 0 Å². The molecule has 0 aliphatic carbocycles. The van der Waals surface area contributed by atoms with Gasteiger partial charge in [0.25, 0.3) is 0 Å². The van der Waals surface area contributed by atoms with E-state index in [2.05, 4.69) is 0 Å². The highest BCUT2D eigenvalue weighted by Gasteiger charge is 2.25. The Hall–Kier alpha value is -3.16. The number of carbonyl (C=O) groups is 1. The summed E-state index contributed by atoms with van der Waals surface area (Å²) in [5.74, 6) is 1.14. The van der Waals surface area contributed by atoms with Crippen molar-refractivity contribution >= 4 is 22.0 Å². The Morgan fingerprint density at radius 2 is 1.61 bits per heavy atom. The van der Waals surface area contributed by atoms with Crippen LogP contribution in [0.3, 0.4) is 0 Å². The first kappa shape index (κ1) is 24.5. The molecule has 33 heavy (non-hydrogen) atoms. The van der Waals surface area contributed by atoms with Crippen LogP contribution in [0.2, 0.25) is 0 Å². The maximum atomic E-state index is 13.3. The number of sulfonamides is 1. The molecule has 0 bridgehead atoms. The number of hydrogen-bond donors (Lipinski definition) is 0. The maximum Gasteiger partial charge on any atom is 0.238 e. The van der Waals surface area contributed by atoms with E-state index < -0.39 is 10.0 Å². The van der Waals surface area contributed by atoms with Gasteiger partial charge in [-0.2, -0.15) is 4.31 Å². The Balaban J connectivity index is 1.79. The van der Waals surface area contributed by atoms with E-state index in [-0.39, 0.29) is 25.5 Å². The molecule has 0 saturated heterocycles. The van der Waals surface area contributed by atoms with E-state index >= 15 is 0 Å². The Labute approximate surface area is 196 Å². The highest BCUT2D eigenvalue weighted by molar-refractivity contribution is 7.92. The van der Waals surface area contributed by atoms with Crippen LogP contribution in [-0.4, -0.2) is 36.6 Å². The van der Waals surface area contributed by atoms with E-state index in [1.54, 1.807) is 11.0 Å². The number of carbonyl (C=O) groups excluding carboxylic acids is 1. The zero-order valence-electron chi connectivity index (χ0n) is 19.1. The van der Waals surface area contributed by atoms with Crippen molar-refractivity contribution in [2.45, 2.75) is 33.4 Å². The fourth-order valence-corrected chi connectivity index (χ4v) is 4.63. The van der Waals surface area contributed by atoms with Crippen molar-refractivity contribution < 1.29 is 17.6 Å². The molecule has 0 aliphatic heterocycles. The second-order valence-corrected chi connectivity index (χ2v) is 9.66. The Kier molecular flexibility index (Phi) is 8.63. The van der Waals surface area contributed by atoms with Crippen LogP contribution in [0.5, 0.6) is 0 Å². The maximum absolute atomic E-state index is 13.3. The fraction of sp³-hybridized carbons (Fsp3) is 0.269. The molecule has 1 aromatic heterocycles. The second-order valence-electron chi connectivity index (χ2n) is 7.84. The molecule has 0 spiro atoms. The fourth-order valence-electron chi connectivity index (χ4n) is 3.41. The third-order valence-electron chi connectivity index (χ3n) is 5.09. The minimum Gasteiger partial charge on any atom is -0.464 e. The van der Waals surface area contributed by atoms with Crippen molar-refractivity contribution in [3.63, 3.8) is 0 Å². The van der Waals surface area contributed by atoms with E-state index in [0.717, 1.165) is 16.9 Å². The monoisotopic (exact) mass is 466 g/mol. The van der Waals surface area contributed by atoms with Gasteiger partial charge >= 0.3 is 0 Å². The molecule has 1 heterocycles. The first-order chi connectivity index (χ1) is 15.9. The van der Waals surface area contributed by atoms with Crippen LogP contribution in [0.25, 0.3) is 6.08 Å². The molecule has 1 amide bonds. The molecule has 174 valence electrons. The number of amides is 1. The third kappa shape index (κ3) is 7.44. The molecule has 6 nitrogen and oxygen atoms in total. The van der Waals surface area contributed by atoms with Crippen molar-refractivity contribution in [1.82, 2.24) is 9.21 Å². The molecule has 0 unspecified atom stereocenters. The molecule has 0 fully saturated rings. The number of rotatable bonds is 11. The lowest BCUT2D eigenvalue weighted by Crippen LogP contribution is -2.42. The molecule has 0 saturated carbocycles. The number of hydrogen-bond acceptors (Lipinski definition) is 4. The summed E-state index contributed by atoms with van der Waals surface area (Å²) in [7, 11) is -3.77. The van der Waals surface area contributed by atoms with Crippen LogP contribution in [-0.2, 0) is 27.9 Å². The molecule has 0 atom stereocenters. The summed E-state index contributed by atoms with van der Waals surface area (Å²) in [6.07, 6.45) is 2.15. The van der Waals surface area contributed by atoms with Crippen molar-refractivity contribution in [3.8, 4) is 0 Å². The van der Waals surface area contributed by atoms with Gasteiger partial charge in [-0.15, -0.1) is 0 Å². The topological polar surface area (TPSA) is 70.8 Å². The van der Waals surface area contributed by atoms with Crippen LogP contribution >= 0.6 is 0 Å². The molecular weight excluding hydrogens is 436 g/mol. The number of furan rings is 1. The van der Waals surface area contributed by atoms with Crippen LogP contribution in [0.15, 0.2) is 82.6 Å². The normalized spacial score (nSPS) is 11.8. The number of aryl methyl sites for hydroxylation is 1. The summed E-state index contributed by atoms with van der Waals surface area (Å²) in [6.45, 7) is 4.39. The number of nitrogens with zero attached hydrogens (tertiary/aromatic N) is 2. The van der Waals surface area contributed by atoms with Gasteiger partial charge in [0.15, 0.2) is 0 Å². The summed E-state index contributed by atoms with van der Waals surface area (Å²) < 4.78 is 33.0. The Morgan fingerprint density at radius 1 is 0.939 bits per heavy atom. The minimum atomic E-state index is -3.77. The Morgan fingerprint density at radius 3 is 2.21 bits per heavy atom. The minimum absolute atomic E-state index is 0.234.